The number of benzene rings is 1. The lowest BCUT2D eigenvalue weighted by molar-refractivity contribution is -0.122. The number of rotatable bonds is 3. The Kier molecular flexibility index (Phi) is 4.06. The van der Waals surface area contributed by atoms with Crippen LogP contribution in [0.15, 0.2) is 24.3 Å². The number of aryl methyl sites for hydroxylation is 1. The second-order valence-corrected chi connectivity index (χ2v) is 6.21. The number of hydrogen-bond donors (Lipinski definition) is 2. The number of nitrogens with one attached hydrogen (secondary N) is 1. The van der Waals surface area contributed by atoms with Crippen LogP contribution < -0.4 is 5.32 Å². The number of hydrogen-bond acceptors (Lipinski definition) is 2. The van der Waals surface area contributed by atoms with Gasteiger partial charge in [0.05, 0.1) is 6.10 Å². The second-order valence-electron chi connectivity index (χ2n) is 6.21. The molecule has 0 spiro atoms. The molecule has 1 saturated carbocycles. The molecule has 3 heteroatoms. The molecular formula is C17H23NO2. The van der Waals surface area contributed by atoms with Gasteiger partial charge in [-0.05, 0) is 55.6 Å². The Balaban J connectivity index is 1.53. The monoisotopic (exact) mass is 273 g/mol. The summed E-state index contributed by atoms with van der Waals surface area (Å²) in [6.07, 6.45) is 6.09. The molecule has 0 radical (unpaired) electrons. The van der Waals surface area contributed by atoms with Crippen molar-refractivity contribution in [2.75, 3.05) is 0 Å². The molecule has 3 nitrogen and oxygen atoms in total. The smallest absolute Gasteiger partial charge is 0.220 e. The van der Waals surface area contributed by atoms with Crippen LogP contribution in [0.4, 0.5) is 0 Å². The van der Waals surface area contributed by atoms with E-state index in [0.717, 1.165) is 38.5 Å². The van der Waals surface area contributed by atoms with Crippen molar-refractivity contribution in [2.45, 2.75) is 63.0 Å². The van der Waals surface area contributed by atoms with E-state index < -0.39 is 0 Å². The molecule has 3 rings (SSSR count). The average Bonchev–Trinajstić information content (AvgIpc) is 2.85. The third-order valence-electron chi connectivity index (χ3n) is 4.75. The van der Waals surface area contributed by atoms with Crippen molar-refractivity contribution in [2.24, 2.45) is 0 Å². The largest absolute Gasteiger partial charge is 0.393 e. The molecule has 0 saturated heterocycles. The van der Waals surface area contributed by atoms with Crippen molar-refractivity contribution < 1.29 is 9.90 Å². The zero-order valence-corrected chi connectivity index (χ0v) is 11.8. The lowest BCUT2D eigenvalue weighted by Crippen LogP contribution is -2.38. The minimum atomic E-state index is -0.162. The normalized spacial score (nSPS) is 28.9. The molecule has 0 heterocycles. The van der Waals surface area contributed by atoms with Gasteiger partial charge in [0.25, 0.3) is 0 Å². The molecule has 20 heavy (non-hydrogen) atoms. The third kappa shape index (κ3) is 3.04. The maximum atomic E-state index is 12.2. The lowest BCUT2D eigenvalue weighted by atomic mass is 9.92. The van der Waals surface area contributed by atoms with Crippen molar-refractivity contribution in [1.29, 1.82) is 0 Å². The molecule has 1 fully saturated rings. The second kappa shape index (κ2) is 5.96. The molecule has 1 aromatic rings. The summed E-state index contributed by atoms with van der Waals surface area (Å²) in [5, 5.41) is 12.6. The predicted molar refractivity (Wildman–Crippen MR) is 78.5 cm³/mol. The fourth-order valence-electron chi connectivity index (χ4n) is 3.59. The van der Waals surface area contributed by atoms with E-state index in [1.165, 1.54) is 11.1 Å². The van der Waals surface area contributed by atoms with Crippen LogP contribution in [0, 0.1) is 0 Å². The molecule has 1 aromatic carbocycles. The quantitative estimate of drug-likeness (QED) is 0.889. The van der Waals surface area contributed by atoms with Gasteiger partial charge in [0.15, 0.2) is 0 Å². The van der Waals surface area contributed by atoms with E-state index in [-0.39, 0.29) is 18.1 Å². The van der Waals surface area contributed by atoms with Crippen molar-refractivity contribution >= 4 is 5.91 Å². The standard InChI is InChI=1S/C17H23NO2/c19-15-9-7-14(8-10-15)18-17(20)11-13-6-5-12-3-1-2-4-16(12)13/h1-4,13-15,19H,5-11H2,(H,18,20)/t13-,14?,15?/m0/s1. The first-order chi connectivity index (χ1) is 9.72. The van der Waals surface area contributed by atoms with Gasteiger partial charge in [-0.25, -0.2) is 0 Å². The van der Waals surface area contributed by atoms with Gasteiger partial charge in [0.2, 0.25) is 5.91 Å². The van der Waals surface area contributed by atoms with Gasteiger partial charge >= 0.3 is 0 Å². The van der Waals surface area contributed by atoms with Crippen LogP contribution in [-0.4, -0.2) is 23.2 Å². The summed E-state index contributed by atoms with van der Waals surface area (Å²) in [5.41, 5.74) is 2.77. The van der Waals surface area contributed by atoms with Crippen LogP contribution in [0.25, 0.3) is 0 Å². The van der Waals surface area contributed by atoms with Crippen LogP contribution in [0.3, 0.4) is 0 Å². The number of fused-ring (bicyclic) bond motifs is 1. The highest BCUT2D eigenvalue weighted by atomic mass is 16.3. The van der Waals surface area contributed by atoms with Crippen LogP contribution in [-0.2, 0) is 11.2 Å². The zero-order chi connectivity index (χ0) is 13.9. The number of amides is 1. The summed E-state index contributed by atoms with van der Waals surface area (Å²) < 4.78 is 0. The van der Waals surface area contributed by atoms with Crippen LogP contribution in [0.2, 0.25) is 0 Å². The molecule has 2 aliphatic rings. The summed E-state index contributed by atoms with van der Waals surface area (Å²) in [5.74, 6) is 0.563. The first kappa shape index (κ1) is 13.6. The maximum absolute atomic E-state index is 12.2. The van der Waals surface area contributed by atoms with Gasteiger partial charge < -0.3 is 10.4 Å². The van der Waals surface area contributed by atoms with Crippen LogP contribution in [0.5, 0.6) is 0 Å². The number of carbonyl (C=O) groups excluding carboxylic acids is 1. The number of aliphatic hydroxyl groups excluding tert-OH is 1. The van der Waals surface area contributed by atoms with Crippen molar-refractivity contribution in [3.63, 3.8) is 0 Å². The summed E-state index contributed by atoms with van der Waals surface area (Å²) in [7, 11) is 0. The maximum Gasteiger partial charge on any atom is 0.220 e. The van der Waals surface area contributed by atoms with Gasteiger partial charge in [-0.1, -0.05) is 24.3 Å². The molecular weight excluding hydrogens is 250 g/mol. The Morgan fingerprint density at radius 3 is 2.70 bits per heavy atom. The van der Waals surface area contributed by atoms with E-state index in [4.69, 9.17) is 0 Å². The minimum absolute atomic E-state index is 0.162. The van der Waals surface area contributed by atoms with Crippen molar-refractivity contribution in [3.05, 3.63) is 35.4 Å². The van der Waals surface area contributed by atoms with Gasteiger partial charge in [0.1, 0.15) is 0 Å². The Bertz CT molecular complexity index is 478. The summed E-state index contributed by atoms with van der Waals surface area (Å²) >= 11 is 0. The predicted octanol–water partition coefficient (Wildman–Crippen LogP) is 2.53. The van der Waals surface area contributed by atoms with Gasteiger partial charge in [0, 0.05) is 12.5 Å². The van der Waals surface area contributed by atoms with Gasteiger partial charge in [-0.2, -0.15) is 0 Å². The highest BCUT2D eigenvalue weighted by Crippen LogP contribution is 2.35. The first-order valence-electron chi connectivity index (χ1n) is 7.77. The molecule has 2 aliphatic carbocycles. The molecule has 0 aromatic heterocycles. The lowest BCUT2D eigenvalue weighted by Gasteiger charge is -2.26. The van der Waals surface area contributed by atoms with Gasteiger partial charge in [-0.3, -0.25) is 4.79 Å². The summed E-state index contributed by atoms with van der Waals surface area (Å²) in [4.78, 5) is 12.2. The fraction of sp³-hybridized carbons (Fsp3) is 0.588. The Labute approximate surface area is 120 Å². The number of aliphatic hydroxyl groups is 1. The third-order valence-corrected chi connectivity index (χ3v) is 4.75. The molecule has 0 bridgehead atoms. The summed E-state index contributed by atoms with van der Waals surface area (Å²) in [6, 6.07) is 8.75. The Morgan fingerprint density at radius 2 is 1.90 bits per heavy atom. The first-order valence-corrected chi connectivity index (χ1v) is 7.77. The Hall–Kier alpha value is -1.35. The summed E-state index contributed by atoms with van der Waals surface area (Å²) in [6.45, 7) is 0. The molecule has 2 N–H and O–H groups in total. The van der Waals surface area contributed by atoms with E-state index in [2.05, 4.69) is 29.6 Å². The SMILES string of the molecule is O=C(C[C@@H]1CCc2ccccc21)NC1CCC(O)CC1. The van der Waals surface area contributed by atoms with Crippen molar-refractivity contribution in [1.82, 2.24) is 5.32 Å². The Morgan fingerprint density at radius 1 is 1.15 bits per heavy atom. The molecule has 1 amide bonds. The molecule has 1 atom stereocenters. The highest BCUT2D eigenvalue weighted by molar-refractivity contribution is 5.77. The van der Waals surface area contributed by atoms with E-state index in [1.807, 2.05) is 0 Å². The van der Waals surface area contributed by atoms with E-state index in [9.17, 15) is 9.90 Å². The number of carbonyl (C=O) groups is 1. The van der Waals surface area contributed by atoms with Crippen molar-refractivity contribution in [3.8, 4) is 0 Å². The van der Waals surface area contributed by atoms with Crippen LogP contribution in [0.1, 0.15) is 55.6 Å². The zero-order valence-electron chi connectivity index (χ0n) is 11.8. The van der Waals surface area contributed by atoms with E-state index >= 15 is 0 Å². The molecule has 0 aliphatic heterocycles. The molecule has 0 unspecified atom stereocenters. The van der Waals surface area contributed by atoms with Gasteiger partial charge in [-0.15, -0.1) is 0 Å². The van der Waals surface area contributed by atoms with E-state index in [1.54, 1.807) is 0 Å². The molecule has 108 valence electrons. The topological polar surface area (TPSA) is 49.3 Å². The average molecular weight is 273 g/mol. The van der Waals surface area contributed by atoms with Crippen LogP contribution >= 0.6 is 0 Å². The fourth-order valence-corrected chi connectivity index (χ4v) is 3.59. The minimum Gasteiger partial charge on any atom is -0.393 e. The van der Waals surface area contributed by atoms with E-state index in [0.29, 0.717) is 12.3 Å². The highest BCUT2D eigenvalue weighted by Gasteiger charge is 2.26.